The second-order valence-corrected chi connectivity index (χ2v) is 4.66. The van der Waals surface area contributed by atoms with E-state index in [1.807, 2.05) is 0 Å². The van der Waals surface area contributed by atoms with E-state index in [0.29, 0.717) is 0 Å². The molecule has 0 heterocycles. The SMILES string of the molecule is CCc1ccccc1Nc1cccc2ccccc12. The molecule has 0 radical (unpaired) electrons. The maximum atomic E-state index is 3.57. The monoisotopic (exact) mass is 247 g/mol. The van der Waals surface area contributed by atoms with Crippen LogP contribution in [0.25, 0.3) is 10.8 Å². The van der Waals surface area contributed by atoms with E-state index in [0.717, 1.165) is 6.42 Å². The van der Waals surface area contributed by atoms with Crippen LogP contribution in [0, 0.1) is 0 Å². The Balaban J connectivity index is 2.06. The van der Waals surface area contributed by atoms with Crippen molar-refractivity contribution < 1.29 is 0 Å². The lowest BCUT2D eigenvalue weighted by atomic mass is 10.1. The van der Waals surface area contributed by atoms with Gasteiger partial charge < -0.3 is 5.32 Å². The lowest BCUT2D eigenvalue weighted by molar-refractivity contribution is 1.14. The molecule has 0 amide bonds. The van der Waals surface area contributed by atoms with E-state index < -0.39 is 0 Å². The van der Waals surface area contributed by atoms with E-state index in [1.54, 1.807) is 0 Å². The summed E-state index contributed by atoms with van der Waals surface area (Å²) >= 11 is 0. The summed E-state index contributed by atoms with van der Waals surface area (Å²) in [4.78, 5) is 0. The fraction of sp³-hybridized carbons (Fsp3) is 0.111. The third kappa shape index (κ3) is 2.32. The Morgan fingerprint density at radius 3 is 2.32 bits per heavy atom. The zero-order chi connectivity index (χ0) is 13.1. The predicted octanol–water partition coefficient (Wildman–Crippen LogP) is 5.15. The van der Waals surface area contributed by atoms with Crippen molar-refractivity contribution in [2.75, 3.05) is 5.32 Å². The highest BCUT2D eigenvalue weighted by molar-refractivity contribution is 5.95. The summed E-state index contributed by atoms with van der Waals surface area (Å²) in [6.45, 7) is 2.18. The van der Waals surface area contributed by atoms with Gasteiger partial charge in [-0.05, 0) is 29.5 Å². The van der Waals surface area contributed by atoms with Crippen molar-refractivity contribution in [2.45, 2.75) is 13.3 Å². The van der Waals surface area contributed by atoms with Gasteiger partial charge in [-0.1, -0.05) is 61.5 Å². The smallest absolute Gasteiger partial charge is 0.0463 e. The van der Waals surface area contributed by atoms with Crippen LogP contribution in [-0.2, 0) is 6.42 Å². The van der Waals surface area contributed by atoms with E-state index in [9.17, 15) is 0 Å². The molecule has 0 atom stereocenters. The summed E-state index contributed by atoms with van der Waals surface area (Å²) in [7, 11) is 0. The Labute approximate surface area is 113 Å². The maximum Gasteiger partial charge on any atom is 0.0463 e. The molecule has 0 aliphatic heterocycles. The number of fused-ring (bicyclic) bond motifs is 1. The van der Waals surface area contributed by atoms with Crippen LogP contribution in [0.4, 0.5) is 11.4 Å². The van der Waals surface area contributed by atoms with Crippen LogP contribution in [0.1, 0.15) is 12.5 Å². The van der Waals surface area contributed by atoms with Gasteiger partial charge in [-0.15, -0.1) is 0 Å². The lowest BCUT2D eigenvalue weighted by Crippen LogP contribution is -1.95. The molecule has 0 saturated carbocycles. The van der Waals surface area contributed by atoms with Crippen LogP contribution < -0.4 is 5.32 Å². The van der Waals surface area contributed by atoms with E-state index in [4.69, 9.17) is 0 Å². The van der Waals surface area contributed by atoms with Crippen molar-refractivity contribution in [2.24, 2.45) is 0 Å². The number of anilines is 2. The van der Waals surface area contributed by atoms with Gasteiger partial charge in [-0.25, -0.2) is 0 Å². The summed E-state index contributed by atoms with van der Waals surface area (Å²) in [5.41, 5.74) is 3.70. The van der Waals surface area contributed by atoms with Crippen LogP contribution in [0.5, 0.6) is 0 Å². The average molecular weight is 247 g/mol. The van der Waals surface area contributed by atoms with Crippen molar-refractivity contribution >= 4 is 22.1 Å². The second-order valence-electron chi connectivity index (χ2n) is 4.66. The van der Waals surface area contributed by atoms with Crippen LogP contribution in [0.3, 0.4) is 0 Å². The zero-order valence-electron chi connectivity index (χ0n) is 11.1. The number of para-hydroxylation sites is 1. The highest BCUT2D eigenvalue weighted by Crippen LogP contribution is 2.27. The summed E-state index contributed by atoms with van der Waals surface area (Å²) in [6, 6.07) is 23.3. The number of aryl methyl sites for hydroxylation is 1. The largest absolute Gasteiger partial charge is 0.355 e. The van der Waals surface area contributed by atoms with Gasteiger partial charge in [0.1, 0.15) is 0 Å². The van der Waals surface area contributed by atoms with Crippen molar-refractivity contribution in [1.82, 2.24) is 0 Å². The maximum absolute atomic E-state index is 3.57. The molecule has 0 spiro atoms. The van der Waals surface area contributed by atoms with Gasteiger partial charge in [0.05, 0.1) is 0 Å². The Kier molecular flexibility index (Phi) is 3.20. The molecule has 3 aromatic carbocycles. The Morgan fingerprint density at radius 1 is 0.737 bits per heavy atom. The molecule has 0 aliphatic carbocycles. The molecule has 94 valence electrons. The summed E-state index contributed by atoms with van der Waals surface area (Å²) in [5.74, 6) is 0. The fourth-order valence-electron chi connectivity index (χ4n) is 2.43. The molecule has 1 nitrogen and oxygen atoms in total. The van der Waals surface area contributed by atoms with E-state index in [1.165, 1.54) is 27.7 Å². The van der Waals surface area contributed by atoms with Crippen LogP contribution in [0.15, 0.2) is 66.7 Å². The van der Waals surface area contributed by atoms with Crippen LogP contribution >= 0.6 is 0 Å². The minimum absolute atomic E-state index is 1.04. The second kappa shape index (κ2) is 5.15. The van der Waals surface area contributed by atoms with Gasteiger partial charge in [0.25, 0.3) is 0 Å². The van der Waals surface area contributed by atoms with Crippen LogP contribution in [0.2, 0.25) is 0 Å². The van der Waals surface area contributed by atoms with Gasteiger partial charge in [-0.3, -0.25) is 0 Å². The summed E-state index contributed by atoms with van der Waals surface area (Å²) in [6.07, 6.45) is 1.04. The van der Waals surface area contributed by atoms with E-state index >= 15 is 0 Å². The molecule has 0 saturated heterocycles. The van der Waals surface area contributed by atoms with E-state index in [2.05, 4.69) is 79.0 Å². The molecular weight excluding hydrogens is 230 g/mol. The molecule has 0 bridgehead atoms. The average Bonchev–Trinajstić information content (AvgIpc) is 2.48. The minimum atomic E-state index is 1.04. The molecule has 0 aromatic heterocycles. The van der Waals surface area contributed by atoms with Crippen molar-refractivity contribution in [3.05, 3.63) is 72.3 Å². The number of hydrogen-bond acceptors (Lipinski definition) is 1. The number of rotatable bonds is 3. The topological polar surface area (TPSA) is 12.0 Å². The zero-order valence-corrected chi connectivity index (χ0v) is 11.1. The van der Waals surface area contributed by atoms with Crippen molar-refractivity contribution in [1.29, 1.82) is 0 Å². The standard InChI is InChI=1S/C18H17N/c1-2-14-8-4-6-12-17(14)19-18-13-7-10-15-9-3-5-11-16(15)18/h3-13,19H,2H2,1H3. The third-order valence-corrected chi connectivity index (χ3v) is 3.46. The van der Waals surface area contributed by atoms with Gasteiger partial charge in [0.2, 0.25) is 0 Å². The number of nitrogens with one attached hydrogen (secondary N) is 1. The Hall–Kier alpha value is -2.28. The molecule has 0 aliphatic rings. The minimum Gasteiger partial charge on any atom is -0.355 e. The lowest BCUT2D eigenvalue weighted by Gasteiger charge is -2.13. The van der Waals surface area contributed by atoms with E-state index in [-0.39, 0.29) is 0 Å². The van der Waals surface area contributed by atoms with Crippen LogP contribution in [-0.4, -0.2) is 0 Å². The fourth-order valence-corrected chi connectivity index (χ4v) is 2.43. The Morgan fingerprint density at radius 2 is 1.42 bits per heavy atom. The number of hydrogen-bond donors (Lipinski definition) is 1. The predicted molar refractivity (Wildman–Crippen MR) is 83.1 cm³/mol. The van der Waals surface area contributed by atoms with Crippen molar-refractivity contribution in [3.63, 3.8) is 0 Å². The highest BCUT2D eigenvalue weighted by atomic mass is 14.9. The number of benzene rings is 3. The van der Waals surface area contributed by atoms with Gasteiger partial charge in [0.15, 0.2) is 0 Å². The molecule has 0 unspecified atom stereocenters. The molecule has 3 aromatic rings. The normalized spacial score (nSPS) is 10.6. The first-order chi connectivity index (χ1) is 9.38. The van der Waals surface area contributed by atoms with Gasteiger partial charge in [0, 0.05) is 16.8 Å². The van der Waals surface area contributed by atoms with Crippen molar-refractivity contribution in [3.8, 4) is 0 Å². The Bertz CT molecular complexity index is 695. The molecule has 3 rings (SSSR count). The van der Waals surface area contributed by atoms with Gasteiger partial charge >= 0.3 is 0 Å². The molecule has 1 N–H and O–H groups in total. The summed E-state index contributed by atoms with van der Waals surface area (Å²) < 4.78 is 0. The summed E-state index contributed by atoms with van der Waals surface area (Å²) in [5, 5.41) is 6.09. The first-order valence-electron chi connectivity index (χ1n) is 6.71. The third-order valence-electron chi connectivity index (χ3n) is 3.46. The molecule has 19 heavy (non-hydrogen) atoms. The molecular formula is C18H17N. The quantitative estimate of drug-likeness (QED) is 0.675. The molecule has 1 heteroatoms. The highest BCUT2D eigenvalue weighted by Gasteiger charge is 2.03. The molecule has 0 fully saturated rings. The first-order valence-corrected chi connectivity index (χ1v) is 6.71. The van der Waals surface area contributed by atoms with Gasteiger partial charge in [-0.2, -0.15) is 0 Å². The first kappa shape index (κ1) is 11.8.